The number of carbonyl (C=O) groups excluding carboxylic acids is 1. The molecule has 0 heterocycles. The van der Waals surface area contributed by atoms with Crippen molar-refractivity contribution in [2.75, 3.05) is 17.2 Å². The summed E-state index contributed by atoms with van der Waals surface area (Å²) in [5.74, 6) is 0.904. The van der Waals surface area contributed by atoms with Crippen LogP contribution in [0.1, 0.15) is 44.2 Å². The highest BCUT2D eigenvalue weighted by Crippen LogP contribution is 2.20. The summed E-state index contributed by atoms with van der Waals surface area (Å²) in [6, 6.07) is 16.1. The SMILES string of the molecule is CCC(C)c1ccc(NC(N)=NCCc2ccc(NC(C)=O)cc2)cc1.I. The summed E-state index contributed by atoms with van der Waals surface area (Å²) in [7, 11) is 0. The van der Waals surface area contributed by atoms with Gasteiger partial charge < -0.3 is 16.4 Å². The second-order valence-electron chi connectivity index (χ2n) is 6.45. The van der Waals surface area contributed by atoms with E-state index in [1.54, 1.807) is 0 Å². The maximum Gasteiger partial charge on any atom is 0.221 e. The van der Waals surface area contributed by atoms with E-state index in [0.29, 0.717) is 18.4 Å². The van der Waals surface area contributed by atoms with Crippen molar-refractivity contribution in [3.8, 4) is 0 Å². The molecule has 2 aromatic carbocycles. The van der Waals surface area contributed by atoms with Gasteiger partial charge in [0.25, 0.3) is 0 Å². The van der Waals surface area contributed by atoms with Crippen molar-refractivity contribution in [1.29, 1.82) is 0 Å². The molecule has 0 spiro atoms. The maximum atomic E-state index is 11.0. The first-order chi connectivity index (χ1) is 12.5. The summed E-state index contributed by atoms with van der Waals surface area (Å²) in [6.07, 6.45) is 1.91. The maximum absolute atomic E-state index is 11.0. The predicted octanol–water partition coefficient (Wildman–Crippen LogP) is 4.75. The number of carbonyl (C=O) groups is 1. The lowest BCUT2D eigenvalue weighted by Crippen LogP contribution is -2.23. The minimum Gasteiger partial charge on any atom is -0.370 e. The second-order valence-corrected chi connectivity index (χ2v) is 6.45. The van der Waals surface area contributed by atoms with E-state index in [1.165, 1.54) is 12.5 Å². The Morgan fingerprint density at radius 3 is 2.15 bits per heavy atom. The lowest BCUT2D eigenvalue weighted by atomic mass is 9.99. The molecule has 0 saturated heterocycles. The summed E-state index contributed by atoms with van der Waals surface area (Å²) in [5.41, 5.74) is 10.2. The Hall–Kier alpha value is -2.09. The zero-order valence-corrected chi connectivity index (χ0v) is 18.5. The Kier molecular flexibility index (Phi) is 9.85. The van der Waals surface area contributed by atoms with Gasteiger partial charge in [-0.1, -0.05) is 38.1 Å². The number of amides is 1. The van der Waals surface area contributed by atoms with Crippen molar-refractivity contribution < 1.29 is 4.79 Å². The zero-order valence-electron chi connectivity index (χ0n) is 16.2. The number of hydrogen-bond donors (Lipinski definition) is 3. The van der Waals surface area contributed by atoms with E-state index in [-0.39, 0.29) is 29.9 Å². The highest BCUT2D eigenvalue weighted by Gasteiger charge is 2.03. The van der Waals surface area contributed by atoms with Crippen LogP contribution in [0.4, 0.5) is 11.4 Å². The Morgan fingerprint density at radius 1 is 1.04 bits per heavy atom. The van der Waals surface area contributed by atoms with Crippen molar-refractivity contribution in [3.63, 3.8) is 0 Å². The van der Waals surface area contributed by atoms with Crippen LogP contribution in [0.15, 0.2) is 53.5 Å². The van der Waals surface area contributed by atoms with E-state index in [1.807, 2.05) is 36.4 Å². The molecule has 6 heteroatoms. The van der Waals surface area contributed by atoms with Gasteiger partial charge in [0.2, 0.25) is 5.91 Å². The fraction of sp³-hybridized carbons (Fsp3) is 0.333. The molecule has 1 unspecified atom stereocenters. The van der Waals surface area contributed by atoms with E-state index < -0.39 is 0 Å². The topological polar surface area (TPSA) is 79.5 Å². The van der Waals surface area contributed by atoms with Gasteiger partial charge in [0.1, 0.15) is 0 Å². The van der Waals surface area contributed by atoms with Crippen LogP contribution in [0, 0.1) is 0 Å². The normalized spacial score (nSPS) is 12.0. The minimum atomic E-state index is -0.0709. The summed E-state index contributed by atoms with van der Waals surface area (Å²) >= 11 is 0. The van der Waals surface area contributed by atoms with E-state index in [9.17, 15) is 4.79 Å². The molecule has 27 heavy (non-hydrogen) atoms. The van der Waals surface area contributed by atoms with Gasteiger partial charge in [0, 0.05) is 24.8 Å². The number of guanidine groups is 1. The number of anilines is 2. The number of benzene rings is 2. The van der Waals surface area contributed by atoms with Gasteiger partial charge in [-0.15, -0.1) is 24.0 Å². The molecule has 0 saturated carbocycles. The Morgan fingerprint density at radius 2 is 1.59 bits per heavy atom. The van der Waals surface area contributed by atoms with Crippen LogP contribution < -0.4 is 16.4 Å². The molecule has 1 atom stereocenters. The molecule has 2 rings (SSSR count). The third kappa shape index (κ3) is 7.99. The summed E-state index contributed by atoms with van der Waals surface area (Å²) in [5, 5.41) is 5.87. The molecule has 0 aliphatic heterocycles. The lowest BCUT2D eigenvalue weighted by Gasteiger charge is -2.11. The van der Waals surface area contributed by atoms with Crippen LogP contribution in [0.25, 0.3) is 0 Å². The van der Waals surface area contributed by atoms with Gasteiger partial charge in [-0.05, 0) is 54.2 Å². The van der Waals surface area contributed by atoms with E-state index in [2.05, 4.69) is 41.6 Å². The molecular formula is C21H29IN4O. The van der Waals surface area contributed by atoms with Gasteiger partial charge in [0.15, 0.2) is 5.96 Å². The van der Waals surface area contributed by atoms with Gasteiger partial charge in [0.05, 0.1) is 0 Å². The molecule has 0 aromatic heterocycles. The molecule has 5 nitrogen and oxygen atoms in total. The molecule has 0 aliphatic carbocycles. The van der Waals surface area contributed by atoms with Crippen LogP contribution in [-0.2, 0) is 11.2 Å². The molecule has 0 bridgehead atoms. The Balaban J connectivity index is 0.00000364. The van der Waals surface area contributed by atoms with Gasteiger partial charge in [-0.3, -0.25) is 9.79 Å². The van der Waals surface area contributed by atoms with Gasteiger partial charge in [-0.2, -0.15) is 0 Å². The largest absolute Gasteiger partial charge is 0.370 e. The first-order valence-corrected chi connectivity index (χ1v) is 9.01. The van der Waals surface area contributed by atoms with E-state index in [0.717, 1.165) is 29.8 Å². The third-order valence-electron chi connectivity index (χ3n) is 4.32. The quantitative estimate of drug-likeness (QED) is 0.304. The first-order valence-electron chi connectivity index (χ1n) is 9.01. The first kappa shape index (κ1) is 23.0. The third-order valence-corrected chi connectivity index (χ3v) is 4.32. The second kappa shape index (κ2) is 11.6. The standard InChI is InChI=1S/C21H28N4O.HI/c1-4-15(2)18-7-11-20(12-8-18)25-21(22)23-14-13-17-5-9-19(10-6-17)24-16(3)26;/h5-12,15H,4,13-14H2,1-3H3,(H,24,26)(H3,22,23,25);1H. The van der Waals surface area contributed by atoms with Crippen LogP contribution in [0.5, 0.6) is 0 Å². The number of nitrogens with two attached hydrogens (primary N) is 1. The predicted molar refractivity (Wildman–Crippen MR) is 125 cm³/mol. The van der Waals surface area contributed by atoms with E-state index in [4.69, 9.17) is 5.73 Å². The van der Waals surface area contributed by atoms with Crippen molar-refractivity contribution in [2.24, 2.45) is 10.7 Å². The highest BCUT2D eigenvalue weighted by molar-refractivity contribution is 14.0. The molecule has 2 aromatic rings. The Labute approximate surface area is 178 Å². The number of hydrogen-bond acceptors (Lipinski definition) is 2. The van der Waals surface area contributed by atoms with Gasteiger partial charge in [-0.25, -0.2) is 0 Å². The highest BCUT2D eigenvalue weighted by atomic mass is 127. The van der Waals surface area contributed by atoms with Crippen LogP contribution in [0.3, 0.4) is 0 Å². The Bertz CT molecular complexity index is 742. The lowest BCUT2D eigenvalue weighted by molar-refractivity contribution is -0.114. The number of aliphatic imine (C=N–C) groups is 1. The average molecular weight is 480 g/mol. The zero-order chi connectivity index (χ0) is 18.9. The number of nitrogens with zero attached hydrogens (tertiary/aromatic N) is 1. The number of rotatable bonds is 7. The monoisotopic (exact) mass is 480 g/mol. The molecule has 1 amide bonds. The molecular weight excluding hydrogens is 451 g/mol. The molecule has 146 valence electrons. The average Bonchev–Trinajstić information content (AvgIpc) is 2.62. The van der Waals surface area contributed by atoms with Crippen molar-refractivity contribution in [2.45, 2.75) is 39.5 Å². The summed E-state index contributed by atoms with van der Waals surface area (Å²) < 4.78 is 0. The number of halogens is 1. The van der Waals surface area contributed by atoms with Crippen molar-refractivity contribution in [1.82, 2.24) is 0 Å². The summed E-state index contributed by atoms with van der Waals surface area (Å²) in [6.45, 7) is 6.51. The van der Waals surface area contributed by atoms with Crippen LogP contribution >= 0.6 is 24.0 Å². The smallest absolute Gasteiger partial charge is 0.221 e. The van der Waals surface area contributed by atoms with E-state index >= 15 is 0 Å². The summed E-state index contributed by atoms with van der Waals surface area (Å²) in [4.78, 5) is 15.4. The number of nitrogens with one attached hydrogen (secondary N) is 2. The molecule has 0 radical (unpaired) electrons. The van der Waals surface area contributed by atoms with Crippen molar-refractivity contribution >= 4 is 47.2 Å². The molecule has 0 aliphatic rings. The fourth-order valence-electron chi connectivity index (χ4n) is 2.58. The molecule has 4 N–H and O–H groups in total. The van der Waals surface area contributed by atoms with Crippen LogP contribution in [0.2, 0.25) is 0 Å². The van der Waals surface area contributed by atoms with Gasteiger partial charge >= 0.3 is 0 Å². The molecule has 0 fully saturated rings. The fourth-order valence-corrected chi connectivity index (χ4v) is 2.58. The van der Waals surface area contributed by atoms with Crippen LogP contribution in [-0.4, -0.2) is 18.4 Å². The minimum absolute atomic E-state index is 0. The van der Waals surface area contributed by atoms with Crippen molar-refractivity contribution in [3.05, 3.63) is 59.7 Å².